The van der Waals surface area contributed by atoms with Gasteiger partial charge in [-0.15, -0.1) is 13.2 Å². The van der Waals surface area contributed by atoms with E-state index in [0.717, 1.165) is 43.7 Å². The van der Waals surface area contributed by atoms with Gasteiger partial charge in [-0.2, -0.15) is 0 Å². The highest BCUT2D eigenvalue weighted by molar-refractivity contribution is 5.35. The molecule has 1 saturated heterocycles. The zero-order chi connectivity index (χ0) is 23.5. The van der Waals surface area contributed by atoms with Gasteiger partial charge in [0.2, 0.25) is 0 Å². The maximum atomic E-state index is 13.5. The first-order valence-corrected chi connectivity index (χ1v) is 11.3. The van der Waals surface area contributed by atoms with Gasteiger partial charge in [-0.25, -0.2) is 8.78 Å². The third-order valence-corrected chi connectivity index (χ3v) is 6.88. The lowest BCUT2D eigenvalue weighted by Crippen LogP contribution is -2.47. The predicted octanol–water partition coefficient (Wildman–Crippen LogP) is 6.40. The van der Waals surface area contributed by atoms with Crippen LogP contribution in [0.1, 0.15) is 56.1 Å². The van der Waals surface area contributed by atoms with Crippen LogP contribution in [0, 0.1) is 11.6 Å². The molecule has 1 N–H and O–H groups in total. The minimum absolute atomic E-state index is 0.227. The number of hydrogen-bond donors (Lipinski definition) is 1. The van der Waals surface area contributed by atoms with Gasteiger partial charge in [0.05, 0.1) is 5.60 Å². The number of alkyl halides is 3. The molecule has 0 amide bonds. The van der Waals surface area contributed by atoms with Gasteiger partial charge in [0, 0.05) is 24.6 Å². The standard InChI is InChI=1S/C25H28F5NO2/c26-20-12-18(13-21(27)15-20)16-31-10-8-23(9-11-32-24(17-23)6-1-2-7-24)19-4-3-5-22(14-19)33-25(28,29)30/h3-5,12-15,31H,1-2,6-11,16-17H2/t23-/m1/s1. The Labute approximate surface area is 190 Å². The molecule has 1 spiro atoms. The molecule has 180 valence electrons. The molecule has 8 heteroatoms. The van der Waals surface area contributed by atoms with Crippen LogP contribution >= 0.6 is 0 Å². The predicted molar refractivity (Wildman–Crippen MR) is 114 cm³/mol. The van der Waals surface area contributed by atoms with Crippen molar-refractivity contribution in [2.24, 2.45) is 0 Å². The summed E-state index contributed by atoms with van der Waals surface area (Å²) in [7, 11) is 0. The molecule has 2 fully saturated rings. The molecule has 4 rings (SSSR count). The Kier molecular flexibility index (Phi) is 6.96. The highest BCUT2D eigenvalue weighted by Gasteiger charge is 2.47. The molecule has 1 saturated carbocycles. The summed E-state index contributed by atoms with van der Waals surface area (Å²) >= 11 is 0. The highest BCUT2D eigenvalue weighted by Crippen LogP contribution is 2.50. The Morgan fingerprint density at radius 3 is 2.39 bits per heavy atom. The molecule has 1 atom stereocenters. The van der Waals surface area contributed by atoms with Crippen molar-refractivity contribution < 1.29 is 31.4 Å². The van der Waals surface area contributed by atoms with Crippen molar-refractivity contribution in [2.45, 2.75) is 68.9 Å². The van der Waals surface area contributed by atoms with Crippen LogP contribution in [-0.2, 0) is 16.7 Å². The molecule has 2 aliphatic rings. The average Bonchev–Trinajstić information content (AvgIpc) is 3.17. The molecule has 1 aliphatic heterocycles. The van der Waals surface area contributed by atoms with E-state index in [2.05, 4.69) is 10.1 Å². The van der Waals surface area contributed by atoms with E-state index in [1.54, 1.807) is 6.07 Å². The summed E-state index contributed by atoms with van der Waals surface area (Å²) in [6, 6.07) is 9.65. The van der Waals surface area contributed by atoms with Crippen molar-refractivity contribution in [3.05, 3.63) is 65.2 Å². The van der Waals surface area contributed by atoms with Gasteiger partial charge < -0.3 is 14.8 Å². The smallest absolute Gasteiger partial charge is 0.406 e. The fraction of sp³-hybridized carbons (Fsp3) is 0.520. The minimum atomic E-state index is -4.75. The van der Waals surface area contributed by atoms with E-state index in [9.17, 15) is 22.0 Å². The van der Waals surface area contributed by atoms with Gasteiger partial charge in [-0.05, 0) is 74.0 Å². The molecular formula is C25H28F5NO2. The monoisotopic (exact) mass is 469 g/mol. The van der Waals surface area contributed by atoms with Crippen LogP contribution in [0.25, 0.3) is 0 Å². The third kappa shape index (κ3) is 6.03. The summed E-state index contributed by atoms with van der Waals surface area (Å²) in [6.07, 6.45) is 1.37. The van der Waals surface area contributed by atoms with E-state index in [0.29, 0.717) is 38.1 Å². The van der Waals surface area contributed by atoms with E-state index < -0.39 is 18.0 Å². The maximum absolute atomic E-state index is 13.5. The molecule has 0 bridgehead atoms. The van der Waals surface area contributed by atoms with E-state index in [1.165, 1.54) is 24.3 Å². The van der Waals surface area contributed by atoms with E-state index in [-0.39, 0.29) is 16.8 Å². The number of ether oxygens (including phenoxy) is 2. The molecule has 0 unspecified atom stereocenters. The van der Waals surface area contributed by atoms with Crippen molar-refractivity contribution in [3.63, 3.8) is 0 Å². The highest BCUT2D eigenvalue weighted by atomic mass is 19.4. The normalized spacial score (nSPS) is 22.6. The number of nitrogens with one attached hydrogen (secondary N) is 1. The van der Waals surface area contributed by atoms with Crippen LogP contribution < -0.4 is 10.1 Å². The van der Waals surface area contributed by atoms with E-state index >= 15 is 0 Å². The Morgan fingerprint density at radius 2 is 1.70 bits per heavy atom. The van der Waals surface area contributed by atoms with Crippen molar-refractivity contribution in [1.29, 1.82) is 0 Å². The number of rotatable bonds is 7. The second-order valence-electron chi connectivity index (χ2n) is 9.23. The summed E-state index contributed by atoms with van der Waals surface area (Å²) in [4.78, 5) is 0. The molecule has 1 heterocycles. The molecular weight excluding hydrogens is 441 g/mol. The van der Waals surface area contributed by atoms with Gasteiger partial charge in [-0.3, -0.25) is 0 Å². The van der Waals surface area contributed by atoms with Gasteiger partial charge in [0.25, 0.3) is 0 Å². The first kappa shape index (κ1) is 24.0. The van der Waals surface area contributed by atoms with Crippen molar-refractivity contribution in [1.82, 2.24) is 5.32 Å². The van der Waals surface area contributed by atoms with Crippen molar-refractivity contribution in [2.75, 3.05) is 13.2 Å². The second-order valence-corrected chi connectivity index (χ2v) is 9.23. The molecule has 1 aliphatic carbocycles. The molecule has 2 aromatic carbocycles. The Balaban J connectivity index is 1.53. The van der Waals surface area contributed by atoms with Crippen LogP contribution in [0.15, 0.2) is 42.5 Å². The lowest BCUT2D eigenvalue weighted by atomic mass is 9.66. The Morgan fingerprint density at radius 1 is 0.970 bits per heavy atom. The van der Waals surface area contributed by atoms with Crippen LogP contribution in [0.5, 0.6) is 5.75 Å². The zero-order valence-corrected chi connectivity index (χ0v) is 18.3. The first-order chi connectivity index (χ1) is 15.7. The zero-order valence-electron chi connectivity index (χ0n) is 18.3. The van der Waals surface area contributed by atoms with Gasteiger partial charge in [0.15, 0.2) is 0 Å². The van der Waals surface area contributed by atoms with Crippen LogP contribution in [0.3, 0.4) is 0 Å². The van der Waals surface area contributed by atoms with E-state index in [4.69, 9.17) is 4.74 Å². The SMILES string of the molecule is Fc1cc(F)cc(CNCC[C@@]2(c3cccc(OC(F)(F)F)c3)CCOC3(CCCC3)C2)c1. The van der Waals surface area contributed by atoms with Crippen molar-refractivity contribution in [3.8, 4) is 5.75 Å². The fourth-order valence-corrected chi connectivity index (χ4v) is 5.46. The molecule has 33 heavy (non-hydrogen) atoms. The van der Waals surface area contributed by atoms with E-state index in [1.807, 2.05) is 6.07 Å². The first-order valence-electron chi connectivity index (χ1n) is 11.3. The number of halogens is 5. The van der Waals surface area contributed by atoms with Gasteiger partial charge in [0.1, 0.15) is 17.4 Å². The summed E-state index contributed by atoms with van der Waals surface area (Å²) in [5.74, 6) is -1.48. The van der Waals surface area contributed by atoms with Crippen LogP contribution in [-0.4, -0.2) is 25.1 Å². The quantitative estimate of drug-likeness (QED) is 0.376. The maximum Gasteiger partial charge on any atom is 0.573 e. The Hall–Kier alpha value is -2.19. The fourth-order valence-electron chi connectivity index (χ4n) is 5.46. The second kappa shape index (κ2) is 9.58. The molecule has 0 aromatic heterocycles. The summed E-state index contributed by atoms with van der Waals surface area (Å²) in [5.41, 5.74) is 0.678. The lowest BCUT2D eigenvalue weighted by Gasteiger charge is -2.47. The van der Waals surface area contributed by atoms with Gasteiger partial charge in [-0.1, -0.05) is 25.0 Å². The topological polar surface area (TPSA) is 30.5 Å². The van der Waals surface area contributed by atoms with Crippen LogP contribution in [0.4, 0.5) is 22.0 Å². The summed E-state index contributed by atoms with van der Waals surface area (Å²) in [5, 5.41) is 3.24. The summed E-state index contributed by atoms with van der Waals surface area (Å²) in [6.45, 7) is 1.38. The van der Waals surface area contributed by atoms with Crippen molar-refractivity contribution >= 4 is 0 Å². The molecule has 2 aromatic rings. The third-order valence-electron chi connectivity index (χ3n) is 6.88. The largest absolute Gasteiger partial charge is 0.573 e. The summed E-state index contributed by atoms with van der Waals surface area (Å²) < 4.78 is 75.7. The van der Waals surface area contributed by atoms with Crippen LogP contribution in [0.2, 0.25) is 0 Å². The minimum Gasteiger partial charge on any atom is -0.406 e. The number of benzene rings is 2. The Bertz CT molecular complexity index is 938. The average molecular weight is 469 g/mol. The number of hydrogen-bond acceptors (Lipinski definition) is 3. The van der Waals surface area contributed by atoms with Gasteiger partial charge >= 0.3 is 6.36 Å². The molecule has 3 nitrogen and oxygen atoms in total. The lowest BCUT2D eigenvalue weighted by molar-refractivity contribution is -0.274. The molecule has 0 radical (unpaired) electrons.